The summed E-state index contributed by atoms with van der Waals surface area (Å²) in [6, 6.07) is 0. The molecule has 1 atom stereocenters. The van der Waals surface area contributed by atoms with Crippen molar-refractivity contribution in [1.82, 2.24) is 0 Å². The van der Waals surface area contributed by atoms with Gasteiger partial charge in [-0.25, -0.2) is 0 Å². The molecule has 74 valence electrons. The van der Waals surface area contributed by atoms with Crippen LogP contribution < -0.4 is 0 Å². The van der Waals surface area contributed by atoms with Crippen molar-refractivity contribution >= 4 is 0 Å². The summed E-state index contributed by atoms with van der Waals surface area (Å²) in [5.41, 5.74) is 4.03. The van der Waals surface area contributed by atoms with E-state index in [1.54, 1.807) is 7.11 Å². The fourth-order valence-electron chi connectivity index (χ4n) is 1.68. The highest BCUT2D eigenvalue weighted by Gasteiger charge is 2.24. The predicted molar refractivity (Wildman–Crippen MR) is 53.2 cm³/mol. The quantitative estimate of drug-likeness (QED) is 0.625. The van der Waals surface area contributed by atoms with Crippen LogP contribution in [-0.4, -0.2) is 13.9 Å². The molecule has 0 amide bonds. The molecule has 0 aliphatic heterocycles. The first-order chi connectivity index (χ1) is 6.09. The summed E-state index contributed by atoms with van der Waals surface area (Å²) >= 11 is 0. The van der Waals surface area contributed by atoms with E-state index in [2.05, 4.69) is 27.7 Å². The van der Waals surface area contributed by atoms with Gasteiger partial charge in [-0.2, -0.15) is 0 Å². The highest BCUT2D eigenvalue weighted by atomic mass is 16.7. The third-order valence-corrected chi connectivity index (χ3v) is 2.90. The average Bonchev–Trinajstić information content (AvgIpc) is 2.30. The van der Waals surface area contributed by atoms with Crippen LogP contribution in [0.15, 0.2) is 22.5 Å². The van der Waals surface area contributed by atoms with Crippen LogP contribution >= 0.6 is 0 Å². The van der Waals surface area contributed by atoms with Gasteiger partial charge in [-0.1, -0.05) is 12.5 Å². The minimum absolute atomic E-state index is 0.345. The highest BCUT2D eigenvalue weighted by Crippen LogP contribution is 2.36. The van der Waals surface area contributed by atoms with Gasteiger partial charge in [0.1, 0.15) is 5.76 Å². The third kappa shape index (κ3) is 1.78. The van der Waals surface area contributed by atoms with Gasteiger partial charge in [0.2, 0.25) is 0 Å². The Labute approximate surface area is 80.2 Å². The van der Waals surface area contributed by atoms with E-state index in [-0.39, 0.29) is 0 Å². The zero-order valence-electron chi connectivity index (χ0n) is 9.10. The van der Waals surface area contributed by atoms with Crippen molar-refractivity contribution in [2.24, 2.45) is 5.92 Å². The van der Waals surface area contributed by atoms with Crippen molar-refractivity contribution in [1.29, 1.82) is 0 Å². The van der Waals surface area contributed by atoms with Crippen LogP contribution in [0.2, 0.25) is 0 Å². The summed E-state index contributed by atoms with van der Waals surface area (Å²) < 4.78 is 10.4. The zero-order valence-corrected chi connectivity index (χ0v) is 9.10. The Balaban J connectivity index is 2.78. The lowest BCUT2D eigenvalue weighted by Gasteiger charge is -2.13. The molecule has 0 N–H and O–H groups in total. The molecule has 0 fully saturated rings. The lowest BCUT2D eigenvalue weighted by atomic mass is 10.0. The Morgan fingerprint density at radius 2 is 1.77 bits per heavy atom. The van der Waals surface area contributed by atoms with Crippen LogP contribution in [0.3, 0.4) is 0 Å². The van der Waals surface area contributed by atoms with Gasteiger partial charge in [0, 0.05) is 13.0 Å². The smallest absolute Gasteiger partial charge is 0.188 e. The monoisotopic (exact) mass is 182 g/mol. The van der Waals surface area contributed by atoms with Crippen LogP contribution in [0.5, 0.6) is 0 Å². The van der Waals surface area contributed by atoms with Gasteiger partial charge in [-0.15, -0.1) is 0 Å². The van der Waals surface area contributed by atoms with E-state index >= 15 is 0 Å². The molecular formula is C11H18O2. The van der Waals surface area contributed by atoms with Gasteiger partial charge < -0.3 is 9.47 Å². The Bertz CT molecular complexity index is 261. The van der Waals surface area contributed by atoms with Crippen molar-refractivity contribution < 1.29 is 9.47 Å². The lowest BCUT2D eigenvalue weighted by Crippen LogP contribution is -2.04. The Hall–Kier alpha value is -0.760. The molecule has 2 nitrogen and oxygen atoms in total. The summed E-state index contributed by atoms with van der Waals surface area (Å²) in [6.45, 7) is 8.92. The second-order valence-corrected chi connectivity index (χ2v) is 3.57. The molecule has 0 spiro atoms. The lowest BCUT2D eigenvalue weighted by molar-refractivity contribution is -0.00197. The Morgan fingerprint density at radius 3 is 2.15 bits per heavy atom. The molecule has 1 unspecified atom stereocenters. The second-order valence-electron chi connectivity index (χ2n) is 3.57. The zero-order chi connectivity index (χ0) is 10.0. The van der Waals surface area contributed by atoms with E-state index in [9.17, 15) is 0 Å². The summed E-state index contributed by atoms with van der Waals surface area (Å²) in [6.07, 6.45) is 0. The normalized spacial score (nSPS) is 23.0. The number of ether oxygens (including phenoxy) is 2. The Kier molecular flexibility index (Phi) is 3.15. The van der Waals surface area contributed by atoms with Crippen LogP contribution in [0.1, 0.15) is 27.7 Å². The number of methoxy groups -OCH3 is 1. The number of hydrogen-bond donors (Lipinski definition) is 0. The first-order valence-corrected chi connectivity index (χ1v) is 4.59. The Morgan fingerprint density at radius 1 is 1.15 bits per heavy atom. The molecule has 0 aromatic heterocycles. The van der Waals surface area contributed by atoms with Gasteiger partial charge in [-0.3, -0.25) is 0 Å². The van der Waals surface area contributed by atoms with Crippen LogP contribution in [-0.2, 0) is 9.47 Å². The molecule has 2 heteroatoms. The first-order valence-electron chi connectivity index (χ1n) is 4.59. The van der Waals surface area contributed by atoms with E-state index in [1.807, 2.05) is 0 Å². The molecule has 0 bridgehead atoms. The third-order valence-electron chi connectivity index (χ3n) is 2.90. The molecule has 0 aromatic rings. The van der Waals surface area contributed by atoms with Crippen molar-refractivity contribution in [2.45, 2.75) is 27.7 Å². The van der Waals surface area contributed by atoms with Crippen molar-refractivity contribution in [3.63, 3.8) is 0 Å². The van der Waals surface area contributed by atoms with Crippen molar-refractivity contribution in [2.75, 3.05) is 13.9 Å². The molecule has 0 aromatic carbocycles. The minimum atomic E-state index is 0.345. The van der Waals surface area contributed by atoms with Gasteiger partial charge >= 0.3 is 0 Å². The van der Waals surface area contributed by atoms with Crippen LogP contribution in [0.25, 0.3) is 0 Å². The number of hydrogen-bond acceptors (Lipinski definition) is 2. The maximum atomic E-state index is 5.53. The largest absolute Gasteiger partial charge is 0.471 e. The summed E-state index contributed by atoms with van der Waals surface area (Å²) in [5.74, 6) is 1.48. The molecular weight excluding hydrogens is 164 g/mol. The molecule has 0 saturated heterocycles. The molecule has 1 aliphatic rings. The van der Waals surface area contributed by atoms with Crippen molar-refractivity contribution in [3.8, 4) is 0 Å². The maximum Gasteiger partial charge on any atom is 0.188 e. The van der Waals surface area contributed by atoms with E-state index in [1.165, 1.54) is 16.7 Å². The van der Waals surface area contributed by atoms with Crippen LogP contribution in [0, 0.1) is 5.92 Å². The average molecular weight is 182 g/mol. The standard InChI is InChI=1S/C11H18O2/c1-7-8(2)10(4)11(9(7)3)13-6-12-5/h9H,6H2,1-5H3. The van der Waals surface area contributed by atoms with Crippen LogP contribution in [0.4, 0.5) is 0 Å². The van der Waals surface area contributed by atoms with Crippen molar-refractivity contribution in [3.05, 3.63) is 22.5 Å². The van der Waals surface area contributed by atoms with Gasteiger partial charge in [0.05, 0.1) is 0 Å². The highest BCUT2D eigenvalue weighted by molar-refractivity contribution is 5.44. The molecule has 0 heterocycles. The summed E-state index contributed by atoms with van der Waals surface area (Å²) in [5, 5.41) is 0. The molecule has 0 saturated carbocycles. The SMILES string of the molecule is COCOC1=C(C)C(C)=C(C)C1C. The molecule has 1 aliphatic carbocycles. The van der Waals surface area contributed by atoms with E-state index in [0.717, 1.165) is 5.76 Å². The van der Waals surface area contributed by atoms with Gasteiger partial charge in [0.25, 0.3) is 0 Å². The fraction of sp³-hybridized carbons (Fsp3) is 0.636. The second kappa shape index (κ2) is 3.97. The van der Waals surface area contributed by atoms with Gasteiger partial charge in [-0.05, 0) is 31.9 Å². The number of allylic oxidation sites excluding steroid dienone is 3. The maximum absolute atomic E-state index is 5.53. The summed E-state index contributed by atoms with van der Waals surface area (Å²) in [7, 11) is 1.64. The van der Waals surface area contributed by atoms with Gasteiger partial charge in [0.15, 0.2) is 6.79 Å². The van der Waals surface area contributed by atoms with E-state index < -0.39 is 0 Å². The topological polar surface area (TPSA) is 18.5 Å². The number of rotatable bonds is 3. The van der Waals surface area contributed by atoms with E-state index in [4.69, 9.17) is 9.47 Å². The summed E-state index contributed by atoms with van der Waals surface area (Å²) in [4.78, 5) is 0. The molecule has 1 rings (SSSR count). The minimum Gasteiger partial charge on any atom is -0.471 e. The molecule has 13 heavy (non-hydrogen) atoms. The predicted octanol–water partition coefficient (Wildman–Crippen LogP) is 2.87. The fourth-order valence-corrected chi connectivity index (χ4v) is 1.68. The molecule has 0 radical (unpaired) electrons. The van der Waals surface area contributed by atoms with E-state index in [0.29, 0.717) is 12.7 Å². The first kappa shape index (κ1) is 10.3.